The molecule has 23 nitrogen and oxygen atoms in total. The molecule has 4 unspecified atom stereocenters. The third kappa shape index (κ3) is 9.13. The number of alkyl halides is 1. The van der Waals surface area contributed by atoms with Crippen molar-refractivity contribution in [1.29, 1.82) is 0 Å². The fraction of sp³-hybridized carbons (Fsp3) is 0.714. The van der Waals surface area contributed by atoms with Crippen LogP contribution in [0.5, 0.6) is 0 Å². The summed E-state index contributed by atoms with van der Waals surface area (Å²) in [5.41, 5.74) is -8.46. The van der Waals surface area contributed by atoms with Gasteiger partial charge in [-0.1, -0.05) is 19.9 Å². The highest BCUT2D eigenvalue weighted by atomic mass is 19.1. The highest BCUT2D eigenvalue weighted by molar-refractivity contribution is 5.95. The zero-order valence-corrected chi connectivity index (χ0v) is 32.8. The number of amides is 1. The normalized spacial score (nSPS) is 31.2. The van der Waals surface area contributed by atoms with E-state index in [-0.39, 0.29) is 18.4 Å². The number of aliphatic hydroxyl groups excluding tert-OH is 1. The molecular weight excluding hydrogens is 818 g/mol. The van der Waals surface area contributed by atoms with Crippen molar-refractivity contribution in [3.05, 3.63) is 53.9 Å². The van der Waals surface area contributed by atoms with Gasteiger partial charge in [0, 0.05) is 48.9 Å². The van der Waals surface area contributed by atoms with Crippen LogP contribution in [0.4, 0.5) is 8.78 Å². The van der Waals surface area contributed by atoms with Crippen molar-refractivity contribution in [2.45, 2.75) is 102 Å². The molecule has 4 aliphatic rings. The maximum Gasteiger partial charge on any atom is 0.329 e. The molecule has 0 aromatic rings. The highest BCUT2D eigenvalue weighted by Crippen LogP contribution is 2.71. The van der Waals surface area contributed by atoms with Gasteiger partial charge in [0.25, 0.3) is 15.3 Å². The molecule has 1 amide bonds. The first kappa shape index (κ1) is 46.8. The number of aliphatic hydroxyl groups is 1. The summed E-state index contributed by atoms with van der Waals surface area (Å²) in [5.74, 6) is -10.3. The molecule has 4 aliphatic carbocycles. The van der Waals surface area contributed by atoms with Gasteiger partial charge in [-0.05, 0) is 43.8 Å². The Labute approximate surface area is 338 Å². The van der Waals surface area contributed by atoms with E-state index in [1.165, 1.54) is 26.8 Å². The summed E-state index contributed by atoms with van der Waals surface area (Å²) >= 11 is 0. The Kier molecular flexibility index (Phi) is 14.2. The van der Waals surface area contributed by atoms with E-state index < -0.39 is 173 Å². The predicted molar refractivity (Wildman–Crippen MR) is 188 cm³/mol. The Morgan fingerprint density at radius 1 is 1.00 bits per heavy atom. The minimum atomic E-state index is -2.57. The number of ether oxygens (including phenoxy) is 3. The van der Waals surface area contributed by atoms with Crippen LogP contribution < -0.4 is 5.32 Å². The Hall–Kier alpha value is -5.88. The number of ketones is 2. The third-order valence-corrected chi connectivity index (χ3v) is 12.0. The summed E-state index contributed by atoms with van der Waals surface area (Å²) < 4.78 is 49.8. The van der Waals surface area contributed by atoms with Crippen LogP contribution in [0.1, 0.15) is 72.6 Å². The fourth-order valence-electron chi connectivity index (χ4n) is 9.52. The summed E-state index contributed by atoms with van der Waals surface area (Å²) in [6.07, 6.45) is -4.83. The first-order valence-corrected chi connectivity index (χ1v) is 18.6. The van der Waals surface area contributed by atoms with Gasteiger partial charge in [0.1, 0.15) is 25.1 Å². The molecule has 2 N–H and O–H groups in total. The van der Waals surface area contributed by atoms with Gasteiger partial charge in [-0.2, -0.15) is 0 Å². The number of hydrogen-bond acceptors (Lipinski definition) is 19. The van der Waals surface area contributed by atoms with E-state index in [0.717, 1.165) is 13.0 Å². The number of esters is 3. The zero-order valence-electron chi connectivity index (χ0n) is 32.8. The van der Waals surface area contributed by atoms with Crippen LogP contribution in [0.25, 0.3) is 0 Å². The number of fused-ring (bicyclic) bond motifs is 5. The topological polar surface area (TPSA) is 319 Å². The molecule has 0 heterocycles. The monoisotopic (exact) mass is 862 g/mol. The molecule has 10 atom stereocenters. The third-order valence-electron chi connectivity index (χ3n) is 12.0. The van der Waals surface area contributed by atoms with Crippen molar-refractivity contribution in [2.24, 2.45) is 28.6 Å². The number of rotatable bonds is 20. The lowest BCUT2D eigenvalue weighted by Crippen LogP contribution is -2.70. The smallest absolute Gasteiger partial charge is 0.329 e. The lowest BCUT2D eigenvalue weighted by atomic mass is 9.45. The summed E-state index contributed by atoms with van der Waals surface area (Å²) in [4.78, 5) is 122. The van der Waals surface area contributed by atoms with Gasteiger partial charge in [0.05, 0.1) is 19.1 Å². The van der Waals surface area contributed by atoms with Gasteiger partial charge in [-0.3, -0.25) is 24.0 Å². The second-order valence-electron chi connectivity index (χ2n) is 15.5. The quantitative estimate of drug-likeness (QED) is 0.0576. The van der Waals surface area contributed by atoms with E-state index in [1.54, 1.807) is 0 Å². The number of nitrogens with zero attached hydrogens (tertiary/aromatic N) is 3. The molecule has 0 aromatic carbocycles. The molecule has 0 aromatic heterocycles. The largest absolute Gasteiger partial charge is 0.462 e. The molecule has 0 saturated heterocycles. The number of halogens is 2. The summed E-state index contributed by atoms with van der Waals surface area (Å²) in [7, 11) is 0. The van der Waals surface area contributed by atoms with Gasteiger partial charge >= 0.3 is 17.9 Å². The average Bonchev–Trinajstić information content (AvgIpc) is 3.36. The lowest BCUT2D eigenvalue weighted by molar-refractivity contribution is -0.790. The highest BCUT2D eigenvalue weighted by Gasteiger charge is 2.77. The van der Waals surface area contributed by atoms with Crippen LogP contribution in [0.3, 0.4) is 0 Å². The van der Waals surface area contributed by atoms with E-state index in [4.69, 9.17) is 14.2 Å². The maximum absolute atomic E-state index is 17.8. The van der Waals surface area contributed by atoms with E-state index in [9.17, 15) is 64.2 Å². The Balaban J connectivity index is 1.61. The minimum absolute atomic E-state index is 0.0808. The van der Waals surface area contributed by atoms with E-state index in [2.05, 4.69) is 19.8 Å². The second kappa shape index (κ2) is 18.2. The summed E-state index contributed by atoms with van der Waals surface area (Å²) in [5, 5.41) is 42.1. The summed E-state index contributed by atoms with van der Waals surface area (Å²) in [6.45, 7) is 1.46. The molecule has 4 rings (SSSR count). The number of Topliss-reactive ketones (excluding diaryl/α,β-unsaturated/α-hetero) is 1. The van der Waals surface area contributed by atoms with Crippen LogP contribution >= 0.6 is 0 Å². The van der Waals surface area contributed by atoms with Gasteiger partial charge in [0.2, 0.25) is 11.7 Å². The molecule has 60 heavy (non-hydrogen) atoms. The zero-order chi connectivity index (χ0) is 45.0. The molecular formula is C35H44F2N4O19. The first-order chi connectivity index (χ1) is 27.9. The van der Waals surface area contributed by atoms with Crippen LogP contribution in [0.15, 0.2) is 23.6 Å². The van der Waals surface area contributed by atoms with Gasteiger partial charge in [-0.15, -0.1) is 30.3 Å². The Bertz CT molecular complexity index is 1860. The van der Waals surface area contributed by atoms with Crippen LogP contribution in [0, 0.1) is 58.9 Å². The van der Waals surface area contributed by atoms with Gasteiger partial charge < -0.3 is 39.1 Å². The number of carbonyl (C=O) groups excluding carboxylic acids is 6. The molecule has 332 valence electrons. The Morgan fingerprint density at radius 2 is 1.67 bits per heavy atom. The van der Waals surface area contributed by atoms with Crippen molar-refractivity contribution in [3.8, 4) is 0 Å². The lowest BCUT2D eigenvalue weighted by Gasteiger charge is -2.62. The number of carbonyl (C=O) groups is 6. The van der Waals surface area contributed by atoms with Crippen LogP contribution in [-0.2, 0) is 57.5 Å². The molecule has 2 saturated carbocycles. The van der Waals surface area contributed by atoms with Gasteiger partial charge in [0.15, 0.2) is 29.8 Å². The van der Waals surface area contributed by atoms with Crippen LogP contribution in [0.2, 0.25) is 0 Å². The minimum Gasteiger partial charge on any atom is -0.462 e. The predicted octanol–water partition coefficient (Wildman–Crippen LogP) is 1.51. The summed E-state index contributed by atoms with van der Waals surface area (Å²) in [6, 6.07) is -1.85. The molecule has 0 bridgehead atoms. The van der Waals surface area contributed by atoms with E-state index in [1.807, 2.05) is 0 Å². The first-order valence-electron chi connectivity index (χ1n) is 18.6. The molecule has 2 fully saturated rings. The van der Waals surface area contributed by atoms with Crippen molar-refractivity contribution < 1.29 is 86.6 Å². The molecule has 25 heteroatoms. The average molecular weight is 863 g/mol. The fourth-order valence-corrected chi connectivity index (χ4v) is 9.52. The number of nitrogens with one attached hydrogen (secondary N) is 1. The van der Waals surface area contributed by atoms with Crippen molar-refractivity contribution in [2.75, 3.05) is 26.4 Å². The van der Waals surface area contributed by atoms with Crippen molar-refractivity contribution >= 4 is 35.4 Å². The van der Waals surface area contributed by atoms with Crippen LogP contribution in [-0.4, -0.2) is 112 Å². The molecule has 0 radical (unpaired) electrons. The van der Waals surface area contributed by atoms with Crippen molar-refractivity contribution in [1.82, 2.24) is 5.32 Å². The van der Waals surface area contributed by atoms with E-state index >= 15 is 8.78 Å². The maximum atomic E-state index is 17.8. The van der Waals surface area contributed by atoms with Crippen molar-refractivity contribution in [3.63, 3.8) is 0 Å². The molecule has 0 aliphatic heterocycles. The number of hydrogen-bond donors (Lipinski definition) is 2. The SMILES string of the molecule is CC(=O)NC(CC(=O)OCC(=O)[C@@]1(OC(=O)CCCO[N+](=O)[O-])[C@H](C)CC2C3CC(F)=C4CC(=O)C=C[C@]4(C)[C@@]3(F)[C@@H](O)C[C@@]21C)C(=O)OCC(CO[N+](=O)[O-])O[N+](=O)[O-]. The van der Waals surface area contributed by atoms with Gasteiger partial charge in [-0.25, -0.2) is 13.6 Å². The van der Waals surface area contributed by atoms with E-state index in [0.29, 0.717) is 0 Å². The second-order valence-corrected chi connectivity index (χ2v) is 15.5. The molecule has 0 spiro atoms. The standard InChI is InChI=1S/C35H44F2N4O19/c1-18-10-22-23-12-25(36)24-11-20(43)7-8-32(24,3)34(23,37)27(44)14-33(22,4)35(18,59-29(46)6-5-9-57-39(49)50)28(45)17-55-30(47)13-26(38-19(2)42)31(48)56-15-21(60-41(53)54)16-58-40(51)52/h7-8,18,21-23,26-27,44H,5-6,9-17H2,1-4H3,(H,38,42)/t18-,21?,22?,23?,26?,27+,32+,33+,34+,35+/m1/s1. The Morgan fingerprint density at radius 3 is 2.28 bits per heavy atom. The number of allylic oxidation sites excluding steroid dienone is 4.